The molecule has 29 heavy (non-hydrogen) atoms. The molecule has 0 unspecified atom stereocenters. The highest BCUT2D eigenvalue weighted by atomic mass is 16.5. The molecule has 1 aliphatic heterocycles. The molecule has 6 heteroatoms. The highest BCUT2D eigenvalue weighted by molar-refractivity contribution is 5.74. The molecule has 2 aromatic rings. The second-order valence-corrected chi connectivity index (χ2v) is 8.33. The number of hydrogen-bond acceptors (Lipinski definition) is 6. The van der Waals surface area contributed by atoms with Gasteiger partial charge in [0.2, 0.25) is 0 Å². The second-order valence-electron chi connectivity index (χ2n) is 8.33. The normalized spacial score (nSPS) is 20.7. The van der Waals surface area contributed by atoms with Gasteiger partial charge in [-0.1, -0.05) is 12.2 Å². The molecule has 2 aromatic heterocycles. The molecule has 3 heterocycles. The van der Waals surface area contributed by atoms with Gasteiger partial charge < -0.3 is 14.8 Å². The van der Waals surface area contributed by atoms with Gasteiger partial charge in [-0.2, -0.15) is 0 Å². The average Bonchev–Trinajstić information content (AvgIpc) is 3.27. The summed E-state index contributed by atoms with van der Waals surface area (Å²) in [6, 6.07) is 4.90. The van der Waals surface area contributed by atoms with E-state index in [4.69, 9.17) is 9.47 Å². The third kappa shape index (κ3) is 3.94. The molecule has 1 saturated carbocycles. The van der Waals surface area contributed by atoms with Gasteiger partial charge in [0.05, 0.1) is 19.9 Å². The molecular formula is C23H28N4O2. The number of anilines is 2. The topological polar surface area (TPSA) is 59.5 Å². The van der Waals surface area contributed by atoms with Gasteiger partial charge in [0.1, 0.15) is 11.6 Å². The van der Waals surface area contributed by atoms with Gasteiger partial charge in [-0.15, -0.1) is 0 Å². The van der Waals surface area contributed by atoms with Crippen molar-refractivity contribution in [2.75, 3.05) is 32.1 Å². The maximum absolute atomic E-state index is 6.19. The zero-order valence-corrected chi connectivity index (χ0v) is 17.1. The number of hydrogen-bond donors (Lipinski definition) is 1. The van der Waals surface area contributed by atoms with Crippen molar-refractivity contribution >= 4 is 17.7 Å². The van der Waals surface area contributed by atoms with Crippen molar-refractivity contribution in [3.63, 3.8) is 0 Å². The van der Waals surface area contributed by atoms with Crippen molar-refractivity contribution in [1.82, 2.24) is 14.9 Å². The van der Waals surface area contributed by atoms with Crippen LogP contribution in [0.4, 0.5) is 11.6 Å². The number of aromatic nitrogens is 2. The van der Waals surface area contributed by atoms with E-state index in [1.54, 1.807) is 13.3 Å². The smallest absolute Gasteiger partial charge is 0.179 e. The average molecular weight is 393 g/mol. The summed E-state index contributed by atoms with van der Waals surface area (Å²) in [5, 5.41) is 3.38. The lowest BCUT2D eigenvalue weighted by Crippen LogP contribution is -2.24. The Morgan fingerprint density at radius 2 is 2.10 bits per heavy atom. The fourth-order valence-corrected chi connectivity index (χ4v) is 4.36. The zero-order valence-electron chi connectivity index (χ0n) is 17.1. The first-order chi connectivity index (χ1) is 14.2. The van der Waals surface area contributed by atoms with Crippen molar-refractivity contribution in [1.29, 1.82) is 0 Å². The van der Waals surface area contributed by atoms with Crippen LogP contribution in [0.5, 0.6) is 11.5 Å². The molecule has 3 aliphatic rings. The van der Waals surface area contributed by atoms with Crippen molar-refractivity contribution in [2.24, 2.45) is 5.92 Å². The Kier molecular flexibility index (Phi) is 4.87. The van der Waals surface area contributed by atoms with Crippen LogP contribution in [-0.2, 0) is 6.42 Å². The molecule has 1 atom stereocenters. The molecule has 0 bridgehead atoms. The third-order valence-corrected chi connectivity index (χ3v) is 6.05. The first-order valence-corrected chi connectivity index (χ1v) is 10.5. The van der Waals surface area contributed by atoms with Crippen molar-refractivity contribution in [3.05, 3.63) is 41.2 Å². The minimum Gasteiger partial charge on any atom is -0.491 e. The number of rotatable bonds is 7. The van der Waals surface area contributed by atoms with Gasteiger partial charge in [-0.3, -0.25) is 4.90 Å². The molecule has 5 rings (SSSR count). The SMILES string of the molecule is COc1cnc(Nc2nc(C)cc3c2C=CC3)cc1OC[C@@H]1CCN(C2CC2)C1. The summed E-state index contributed by atoms with van der Waals surface area (Å²) in [6.07, 6.45) is 10.9. The van der Waals surface area contributed by atoms with Gasteiger partial charge in [-0.25, -0.2) is 9.97 Å². The fourth-order valence-electron chi connectivity index (χ4n) is 4.36. The number of fused-ring (bicyclic) bond motifs is 1. The van der Waals surface area contributed by atoms with Gasteiger partial charge in [0.25, 0.3) is 0 Å². The van der Waals surface area contributed by atoms with E-state index in [1.807, 2.05) is 13.0 Å². The van der Waals surface area contributed by atoms with Crippen LogP contribution in [0.15, 0.2) is 24.4 Å². The van der Waals surface area contributed by atoms with E-state index in [-0.39, 0.29) is 0 Å². The summed E-state index contributed by atoms with van der Waals surface area (Å²) < 4.78 is 11.7. The number of pyridine rings is 2. The third-order valence-electron chi connectivity index (χ3n) is 6.05. The van der Waals surface area contributed by atoms with Crippen LogP contribution in [0.3, 0.4) is 0 Å². The van der Waals surface area contributed by atoms with Crippen LogP contribution in [0.1, 0.15) is 36.1 Å². The van der Waals surface area contributed by atoms with Crippen LogP contribution in [0.25, 0.3) is 6.08 Å². The molecular weight excluding hydrogens is 364 g/mol. The Bertz CT molecular complexity index is 939. The number of ether oxygens (including phenoxy) is 2. The number of likely N-dealkylation sites (tertiary alicyclic amines) is 1. The van der Waals surface area contributed by atoms with E-state index in [0.29, 0.717) is 24.1 Å². The molecule has 0 aromatic carbocycles. The first-order valence-electron chi connectivity index (χ1n) is 10.5. The van der Waals surface area contributed by atoms with E-state index >= 15 is 0 Å². The Hall–Kier alpha value is -2.60. The standard InChI is InChI=1S/C23H28N4O2/c1-15-10-17-4-3-5-19(17)23(25-15)26-22-11-20(21(28-2)12-24-22)29-14-16-8-9-27(13-16)18-6-7-18/h3,5,10-12,16,18H,4,6-9,13-14H2,1-2H3,(H,24,25,26)/t16-/m1/s1. The maximum atomic E-state index is 6.19. The van der Waals surface area contributed by atoms with Gasteiger partial charge in [0.15, 0.2) is 11.5 Å². The predicted molar refractivity (Wildman–Crippen MR) is 114 cm³/mol. The molecule has 0 amide bonds. The quantitative estimate of drug-likeness (QED) is 0.769. The number of nitrogens with one attached hydrogen (secondary N) is 1. The monoisotopic (exact) mass is 392 g/mol. The van der Waals surface area contributed by atoms with E-state index in [0.717, 1.165) is 41.8 Å². The van der Waals surface area contributed by atoms with Gasteiger partial charge in [-0.05, 0) is 50.8 Å². The second kappa shape index (κ2) is 7.67. The number of aryl methyl sites for hydroxylation is 1. The summed E-state index contributed by atoms with van der Waals surface area (Å²) in [6.45, 7) is 5.08. The first kappa shape index (κ1) is 18.4. The number of methoxy groups -OCH3 is 1. The van der Waals surface area contributed by atoms with Crippen molar-refractivity contribution in [2.45, 2.75) is 38.6 Å². The van der Waals surface area contributed by atoms with E-state index in [9.17, 15) is 0 Å². The minimum absolute atomic E-state index is 0.580. The highest BCUT2D eigenvalue weighted by Crippen LogP contribution is 2.34. The predicted octanol–water partition coefficient (Wildman–Crippen LogP) is 3.97. The maximum Gasteiger partial charge on any atom is 0.179 e. The van der Waals surface area contributed by atoms with Gasteiger partial charge in [0, 0.05) is 35.8 Å². The minimum atomic E-state index is 0.580. The largest absolute Gasteiger partial charge is 0.491 e. The van der Waals surface area contributed by atoms with E-state index in [2.05, 4.69) is 38.4 Å². The molecule has 1 saturated heterocycles. The summed E-state index contributed by atoms with van der Waals surface area (Å²) in [5.41, 5.74) is 3.44. The molecule has 152 valence electrons. The summed E-state index contributed by atoms with van der Waals surface area (Å²) in [5.74, 6) is 3.53. The number of nitrogens with zero attached hydrogens (tertiary/aromatic N) is 3. The Balaban J connectivity index is 1.30. The van der Waals surface area contributed by atoms with Crippen LogP contribution in [-0.4, -0.2) is 47.7 Å². The lowest BCUT2D eigenvalue weighted by Gasteiger charge is -2.17. The lowest BCUT2D eigenvalue weighted by molar-refractivity contribution is 0.229. The van der Waals surface area contributed by atoms with E-state index in [1.165, 1.54) is 31.4 Å². The van der Waals surface area contributed by atoms with Crippen molar-refractivity contribution in [3.8, 4) is 11.5 Å². The van der Waals surface area contributed by atoms with Crippen LogP contribution < -0.4 is 14.8 Å². The van der Waals surface area contributed by atoms with Crippen LogP contribution in [0.2, 0.25) is 0 Å². The molecule has 6 nitrogen and oxygen atoms in total. The highest BCUT2D eigenvalue weighted by Gasteiger charge is 2.34. The summed E-state index contributed by atoms with van der Waals surface area (Å²) in [7, 11) is 1.65. The molecule has 2 fully saturated rings. The summed E-state index contributed by atoms with van der Waals surface area (Å²) >= 11 is 0. The van der Waals surface area contributed by atoms with Crippen molar-refractivity contribution < 1.29 is 9.47 Å². The van der Waals surface area contributed by atoms with Gasteiger partial charge >= 0.3 is 0 Å². The molecule has 1 N–H and O–H groups in total. The summed E-state index contributed by atoms with van der Waals surface area (Å²) in [4.78, 5) is 11.8. The van der Waals surface area contributed by atoms with E-state index < -0.39 is 0 Å². The van der Waals surface area contributed by atoms with Crippen LogP contribution in [0, 0.1) is 12.8 Å². The number of allylic oxidation sites excluding steroid dienone is 1. The molecule has 0 radical (unpaired) electrons. The molecule has 2 aliphatic carbocycles. The zero-order chi connectivity index (χ0) is 19.8. The fraction of sp³-hybridized carbons (Fsp3) is 0.478. The Morgan fingerprint density at radius 1 is 1.21 bits per heavy atom. The Morgan fingerprint density at radius 3 is 2.93 bits per heavy atom. The lowest BCUT2D eigenvalue weighted by atomic mass is 10.1. The van der Waals surface area contributed by atoms with Crippen LogP contribution >= 0.6 is 0 Å². The Labute approximate surface area is 172 Å². The molecule has 0 spiro atoms.